The molecule has 0 unspecified atom stereocenters. The molecule has 1 saturated heterocycles. The van der Waals surface area contributed by atoms with Crippen molar-refractivity contribution >= 4 is 6.03 Å². The molecule has 0 spiro atoms. The predicted octanol–water partition coefficient (Wildman–Crippen LogP) is 3.68. The fraction of sp³-hybridized carbons (Fsp3) is 0.938. The second-order valence-electron chi connectivity index (χ2n) is 6.73. The van der Waals surface area contributed by atoms with Gasteiger partial charge in [0.25, 0.3) is 0 Å². The SMILES string of the molecule is O=C(NC1CCCCC1)N1CCC[C@@H]2CCCC[C@H]21. The van der Waals surface area contributed by atoms with Crippen LogP contribution < -0.4 is 5.32 Å². The van der Waals surface area contributed by atoms with Gasteiger partial charge in [-0.05, 0) is 44.4 Å². The first-order chi connectivity index (χ1) is 9.34. The molecule has 108 valence electrons. The van der Waals surface area contributed by atoms with E-state index in [9.17, 15) is 4.79 Å². The van der Waals surface area contributed by atoms with E-state index in [1.165, 1.54) is 70.6 Å². The second kappa shape index (κ2) is 6.15. The topological polar surface area (TPSA) is 32.3 Å². The van der Waals surface area contributed by atoms with E-state index in [4.69, 9.17) is 0 Å². The molecule has 2 aliphatic carbocycles. The zero-order valence-electron chi connectivity index (χ0n) is 12.1. The molecule has 3 fully saturated rings. The van der Waals surface area contributed by atoms with E-state index < -0.39 is 0 Å². The Kier molecular flexibility index (Phi) is 4.29. The summed E-state index contributed by atoms with van der Waals surface area (Å²) in [5.41, 5.74) is 0. The van der Waals surface area contributed by atoms with Gasteiger partial charge in [0.1, 0.15) is 0 Å². The Morgan fingerprint density at radius 1 is 0.842 bits per heavy atom. The third-order valence-electron chi connectivity index (χ3n) is 5.44. The minimum absolute atomic E-state index is 0.239. The summed E-state index contributed by atoms with van der Waals surface area (Å²) in [5, 5.41) is 3.31. The zero-order chi connectivity index (χ0) is 13.1. The molecule has 0 aromatic rings. The Labute approximate surface area is 117 Å². The molecule has 0 aromatic heterocycles. The number of hydrogen-bond acceptors (Lipinski definition) is 1. The highest BCUT2D eigenvalue weighted by Gasteiger charge is 2.36. The molecule has 19 heavy (non-hydrogen) atoms. The largest absolute Gasteiger partial charge is 0.335 e. The second-order valence-corrected chi connectivity index (χ2v) is 6.73. The third kappa shape index (κ3) is 3.06. The van der Waals surface area contributed by atoms with Gasteiger partial charge in [0.15, 0.2) is 0 Å². The molecule has 2 atom stereocenters. The summed E-state index contributed by atoms with van der Waals surface area (Å²) in [4.78, 5) is 14.7. The Morgan fingerprint density at radius 2 is 1.53 bits per heavy atom. The van der Waals surface area contributed by atoms with Crippen molar-refractivity contribution < 1.29 is 4.79 Å². The van der Waals surface area contributed by atoms with E-state index in [1.54, 1.807) is 0 Å². The van der Waals surface area contributed by atoms with Crippen LogP contribution in [-0.4, -0.2) is 29.6 Å². The van der Waals surface area contributed by atoms with Crippen LogP contribution in [0.4, 0.5) is 4.79 Å². The maximum Gasteiger partial charge on any atom is 0.317 e. The van der Waals surface area contributed by atoms with Gasteiger partial charge in [0.05, 0.1) is 0 Å². The summed E-state index contributed by atoms with van der Waals surface area (Å²) >= 11 is 0. The summed E-state index contributed by atoms with van der Waals surface area (Å²) in [6, 6.07) is 1.24. The van der Waals surface area contributed by atoms with Crippen LogP contribution in [0.3, 0.4) is 0 Å². The first kappa shape index (κ1) is 13.3. The highest BCUT2D eigenvalue weighted by Crippen LogP contribution is 2.35. The number of rotatable bonds is 1. The Bertz CT molecular complexity index is 310. The smallest absolute Gasteiger partial charge is 0.317 e. The Morgan fingerprint density at radius 3 is 2.37 bits per heavy atom. The number of piperidine rings is 1. The van der Waals surface area contributed by atoms with Crippen molar-refractivity contribution in [3.63, 3.8) is 0 Å². The van der Waals surface area contributed by atoms with Crippen molar-refractivity contribution in [1.29, 1.82) is 0 Å². The van der Waals surface area contributed by atoms with Gasteiger partial charge in [-0.25, -0.2) is 4.79 Å². The maximum absolute atomic E-state index is 12.5. The fourth-order valence-electron chi connectivity index (χ4n) is 4.38. The predicted molar refractivity (Wildman–Crippen MR) is 77.1 cm³/mol. The van der Waals surface area contributed by atoms with Crippen LogP contribution in [0.15, 0.2) is 0 Å². The molecule has 1 N–H and O–H groups in total. The van der Waals surface area contributed by atoms with Gasteiger partial charge in [-0.2, -0.15) is 0 Å². The minimum atomic E-state index is 0.239. The average molecular weight is 264 g/mol. The molecule has 3 nitrogen and oxygen atoms in total. The number of urea groups is 1. The van der Waals surface area contributed by atoms with E-state index in [0.717, 1.165) is 12.5 Å². The van der Waals surface area contributed by atoms with Gasteiger partial charge in [0, 0.05) is 18.6 Å². The monoisotopic (exact) mass is 264 g/mol. The average Bonchev–Trinajstić information content (AvgIpc) is 2.47. The zero-order valence-corrected chi connectivity index (χ0v) is 12.1. The molecule has 1 heterocycles. The van der Waals surface area contributed by atoms with E-state index >= 15 is 0 Å². The van der Waals surface area contributed by atoms with Gasteiger partial charge in [0.2, 0.25) is 0 Å². The molecule has 0 aromatic carbocycles. The van der Waals surface area contributed by atoms with Crippen molar-refractivity contribution in [1.82, 2.24) is 10.2 Å². The van der Waals surface area contributed by atoms with E-state index in [0.29, 0.717) is 12.1 Å². The lowest BCUT2D eigenvalue weighted by Crippen LogP contribution is -2.55. The molecular weight excluding hydrogens is 236 g/mol. The number of amides is 2. The molecule has 1 aliphatic heterocycles. The first-order valence-corrected chi connectivity index (χ1v) is 8.42. The highest BCUT2D eigenvalue weighted by molar-refractivity contribution is 5.75. The fourth-order valence-corrected chi connectivity index (χ4v) is 4.38. The molecule has 0 bridgehead atoms. The molecule has 2 amide bonds. The van der Waals surface area contributed by atoms with Crippen molar-refractivity contribution in [2.45, 2.75) is 82.7 Å². The van der Waals surface area contributed by atoms with Gasteiger partial charge < -0.3 is 10.2 Å². The third-order valence-corrected chi connectivity index (χ3v) is 5.44. The lowest BCUT2D eigenvalue weighted by Gasteiger charge is -2.44. The van der Waals surface area contributed by atoms with Crippen LogP contribution in [0.25, 0.3) is 0 Å². The quantitative estimate of drug-likeness (QED) is 0.770. The number of fused-ring (bicyclic) bond motifs is 1. The molecule has 2 saturated carbocycles. The summed E-state index contributed by atoms with van der Waals surface area (Å²) in [6.45, 7) is 0.986. The number of carbonyl (C=O) groups excluding carboxylic acids is 1. The molecule has 0 radical (unpaired) electrons. The number of nitrogens with zero attached hydrogens (tertiary/aromatic N) is 1. The number of carbonyl (C=O) groups is 1. The van der Waals surface area contributed by atoms with Gasteiger partial charge in [-0.3, -0.25) is 0 Å². The van der Waals surface area contributed by atoms with Crippen LogP contribution in [-0.2, 0) is 0 Å². The Balaban J connectivity index is 1.58. The van der Waals surface area contributed by atoms with Crippen molar-refractivity contribution in [2.24, 2.45) is 5.92 Å². The number of likely N-dealkylation sites (tertiary alicyclic amines) is 1. The van der Waals surface area contributed by atoms with Crippen molar-refractivity contribution in [2.75, 3.05) is 6.54 Å². The molecule has 3 rings (SSSR count). The van der Waals surface area contributed by atoms with E-state index in [1.807, 2.05) is 0 Å². The first-order valence-electron chi connectivity index (χ1n) is 8.42. The minimum Gasteiger partial charge on any atom is -0.335 e. The standard InChI is InChI=1S/C16H28N2O/c19-16(17-14-9-2-1-3-10-14)18-12-6-8-13-7-4-5-11-15(13)18/h13-15H,1-12H2,(H,17,19)/t13-,15+/m0/s1. The molecule has 3 aliphatic rings. The molecular formula is C16H28N2O. The molecule has 3 heteroatoms. The van der Waals surface area contributed by atoms with Gasteiger partial charge in [-0.1, -0.05) is 32.1 Å². The van der Waals surface area contributed by atoms with Crippen molar-refractivity contribution in [3.05, 3.63) is 0 Å². The van der Waals surface area contributed by atoms with E-state index in [-0.39, 0.29) is 6.03 Å². The van der Waals surface area contributed by atoms with Gasteiger partial charge in [-0.15, -0.1) is 0 Å². The Hall–Kier alpha value is -0.730. The van der Waals surface area contributed by atoms with Crippen LogP contribution in [0.5, 0.6) is 0 Å². The summed E-state index contributed by atoms with van der Waals surface area (Å²) in [7, 11) is 0. The van der Waals surface area contributed by atoms with E-state index in [2.05, 4.69) is 10.2 Å². The van der Waals surface area contributed by atoms with Crippen LogP contribution >= 0.6 is 0 Å². The summed E-state index contributed by atoms with van der Waals surface area (Å²) < 4.78 is 0. The maximum atomic E-state index is 12.5. The number of nitrogens with one attached hydrogen (secondary N) is 1. The normalized spacial score (nSPS) is 32.7. The van der Waals surface area contributed by atoms with Crippen molar-refractivity contribution in [3.8, 4) is 0 Å². The summed E-state index contributed by atoms with van der Waals surface area (Å²) in [5.74, 6) is 0.791. The van der Waals surface area contributed by atoms with Crippen LogP contribution in [0.2, 0.25) is 0 Å². The highest BCUT2D eigenvalue weighted by atomic mass is 16.2. The van der Waals surface area contributed by atoms with Crippen LogP contribution in [0, 0.1) is 5.92 Å². The summed E-state index contributed by atoms with van der Waals surface area (Å²) in [6.07, 6.45) is 14.1. The number of hydrogen-bond donors (Lipinski definition) is 1. The van der Waals surface area contributed by atoms with Gasteiger partial charge >= 0.3 is 6.03 Å². The lowest BCUT2D eigenvalue weighted by atomic mass is 9.78. The van der Waals surface area contributed by atoms with Crippen LogP contribution in [0.1, 0.15) is 70.6 Å². The lowest BCUT2D eigenvalue weighted by molar-refractivity contribution is 0.0818.